The number of rotatable bonds is 39. The van der Waals surface area contributed by atoms with Crippen molar-refractivity contribution in [2.45, 2.75) is 224 Å². The van der Waals surface area contributed by atoms with Crippen molar-refractivity contribution >= 4 is 22.1 Å². The molecule has 8 heteroatoms. The van der Waals surface area contributed by atoms with E-state index in [9.17, 15) is 22.6 Å². The molecule has 1 aromatic rings. The fourth-order valence-electron chi connectivity index (χ4n) is 7.01. The van der Waals surface area contributed by atoms with Crippen molar-refractivity contribution in [3.63, 3.8) is 0 Å². The Morgan fingerprint density at radius 1 is 0.482 bits per heavy atom. The van der Waals surface area contributed by atoms with Gasteiger partial charge in [0.25, 0.3) is 10.1 Å². The van der Waals surface area contributed by atoms with Crippen molar-refractivity contribution in [2.75, 3.05) is 13.2 Å². The van der Waals surface area contributed by atoms with Gasteiger partial charge in [-0.1, -0.05) is 185 Å². The van der Waals surface area contributed by atoms with E-state index in [2.05, 4.69) is 38.2 Å². The third-order valence-electron chi connectivity index (χ3n) is 10.5. The number of esters is 2. The van der Waals surface area contributed by atoms with E-state index in [0.717, 1.165) is 44.6 Å². The molecular weight excluding hydrogens is 721 g/mol. The molecule has 1 aromatic carbocycles. The van der Waals surface area contributed by atoms with Gasteiger partial charge in [-0.05, 0) is 76.3 Å². The lowest BCUT2D eigenvalue weighted by Crippen LogP contribution is -2.19. The summed E-state index contributed by atoms with van der Waals surface area (Å²) in [6.45, 7) is 4.74. The van der Waals surface area contributed by atoms with Gasteiger partial charge in [0.1, 0.15) is 4.90 Å². The maximum Gasteiger partial charge on any atom is 0.340 e. The van der Waals surface area contributed by atoms with Crippen LogP contribution in [0.1, 0.15) is 240 Å². The lowest BCUT2D eigenvalue weighted by atomic mass is 10.0. The van der Waals surface area contributed by atoms with Gasteiger partial charge in [-0.25, -0.2) is 9.59 Å². The van der Waals surface area contributed by atoms with Crippen LogP contribution in [0.5, 0.6) is 0 Å². The van der Waals surface area contributed by atoms with Crippen molar-refractivity contribution in [1.82, 2.24) is 0 Å². The molecule has 56 heavy (non-hydrogen) atoms. The second kappa shape index (κ2) is 36.9. The van der Waals surface area contributed by atoms with Gasteiger partial charge in [-0.3, -0.25) is 4.55 Å². The Morgan fingerprint density at radius 3 is 1.16 bits per heavy atom. The molecule has 0 heterocycles. The lowest BCUT2D eigenvalue weighted by molar-refractivity contribution is 0.0447. The van der Waals surface area contributed by atoms with Crippen LogP contribution in [0.25, 0.3) is 0 Å². The third-order valence-corrected chi connectivity index (χ3v) is 11.4. The minimum atomic E-state index is -4.78. The quantitative estimate of drug-likeness (QED) is 0.0306. The normalized spacial score (nSPS) is 11.9. The van der Waals surface area contributed by atoms with Gasteiger partial charge in [0.05, 0.1) is 24.3 Å². The molecule has 0 aliphatic rings. The van der Waals surface area contributed by atoms with Gasteiger partial charge in [0.2, 0.25) is 0 Å². The average molecular weight is 803 g/mol. The highest BCUT2D eigenvalue weighted by molar-refractivity contribution is 7.86. The van der Waals surface area contributed by atoms with Crippen LogP contribution in [0.4, 0.5) is 0 Å². The summed E-state index contributed by atoms with van der Waals surface area (Å²) in [6.07, 6.45) is 47.9. The average Bonchev–Trinajstić information content (AvgIpc) is 3.18. The number of allylic oxidation sites excluding steroid dienone is 4. The molecule has 0 amide bonds. The molecular formula is C48H82O7S. The van der Waals surface area contributed by atoms with Gasteiger partial charge in [0.15, 0.2) is 0 Å². The third kappa shape index (κ3) is 28.9. The van der Waals surface area contributed by atoms with Crippen molar-refractivity contribution in [1.29, 1.82) is 0 Å². The smallest absolute Gasteiger partial charge is 0.340 e. The molecule has 0 aliphatic heterocycles. The first-order chi connectivity index (χ1) is 27.3. The number of carbonyl (C=O) groups excluding carboxylic acids is 2. The molecule has 0 radical (unpaired) electrons. The van der Waals surface area contributed by atoms with Crippen molar-refractivity contribution in [3.05, 3.63) is 53.6 Å². The van der Waals surface area contributed by atoms with Gasteiger partial charge < -0.3 is 9.47 Å². The summed E-state index contributed by atoms with van der Waals surface area (Å²) in [4.78, 5) is 25.3. The SMILES string of the molecule is CCCCCCCCCCCCCC/C=C/CCCCOC(=O)c1cccc(S(=O)(=O)O)c1C(=O)OCCCC/C=C/CCCCCCCCCCCCCC. The van der Waals surface area contributed by atoms with E-state index < -0.39 is 32.5 Å². The summed E-state index contributed by atoms with van der Waals surface area (Å²) in [6, 6.07) is 3.72. The van der Waals surface area contributed by atoms with Crippen LogP contribution in [0.3, 0.4) is 0 Å². The topological polar surface area (TPSA) is 107 Å². The molecule has 0 bridgehead atoms. The molecule has 322 valence electrons. The van der Waals surface area contributed by atoms with Gasteiger partial charge >= 0.3 is 11.9 Å². The fourth-order valence-corrected chi connectivity index (χ4v) is 7.71. The van der Waals surface area contributed by atoms with Crippen molar-refractivity contribution in [2.24, 2.45) is 0 Å². The van der Waals surface area contributed by atoms with Crippen LogP contribution in [-0.2, 0) is 19.6 Å². The van der Waals surface area contributed by atoms with Crippen LogP contribution < -0.4 is 0 Å². The Kier molecular flexibility index (Phi) is 33.9. The number of benzene rings is 1. The van der Waals surface area contributed by atoms with Gasteiger partial charge in [0, 0.05) is 0 Å². The maximum atomic E-state index is 13.0. The largest absolute Gasteiger partial charge is 0.462 e. The zero-order valence-electron chi connectivity index (χ0n) is 35.9. The molecule has 1 N–H and O–H groups in total. The first-order valence-electron chi connectivity index (χ1n) is 23.1. The second-order valence-electron chi connectivity index (χ2n) is 15.7. The molecule has 0 aliphatic carbocycles. The van der Waals surface area contributed by atoms with Crippen molar-refractivity contribution < 1.29 is 32.0 Å². The predicted octanol–water partition coefficient (Wildman–Crippen LogP) is 14.9. The Labute approximate surface area is 344 Å². The number of unbranched alkanes of at least 4 members (excludes halogenated alkanes) is 28. The summed E-state index contributed by atoms with van der Waals surface area (Å²) in [5.74, 6) is -1.78. The first-order valence-corrected chi connectivity index (χ1v) is 24.5. The van der Waals surface area contributed by atoms with E-state index in [1.165, 1.54) is 166 Å². The summed E-state index contributed by atoms with van der Waals surface area (Å²) in [5.41, 5.74) is -0.712. The summed E-state index contributed by atoms with van der Waals surface area (Å²) in [5, 5.41) is 0. The van der Waals surface area contributed by atoms with E-state index in [1.807, 2.05) is 0 Å². The van der Waals surface area contributed by atoms with Gasteiger partial charge in [-0.15, -0.1) is 0 Å². The Hall–Kier alpha value is -2.45. The highest BCUT2D eigenvalue weighted by Gasteiger charge is 2.28. The Bertz CT molecular complexity index is 1270. The monoisotopic (exact) mass is 803 g/mol. The minimum Gasteiger partial charge on any atom is -0.462 e. The Morgan fingerprint density at radius 2 is 0.804 bits per heavy atom. The summed E-state index contributed by atoms with van der Waals surface area (Å²) in [7, 11) is -4.78. The molecule has 0 unspecified atom stereocenters. The Balaban J connectivity index is 2.24. The number of ether oxygens (including phenoxy) is 2. The predicted molar refractivity (Wildman–Crippen MR) is 234 cm³/mol. The minimum absolute atomic E-state index is 0.0759. The molecule has 1 rings (SSSR count). The van der Waals surface area contributed by atoms with Crippen LogP contribution in [0.15, 0.2) is 47.4 Å². The summed E-state index contributed by atoms with van der Waals surface area (Å²) >= 11 is 0. The molecule has 0 saturated carbocycles. The zero-order chi connectivity index (χ0) is 40.8. The number of hydrogen-bond donors (Lipinski definition) is 1. The van der Waals surface area contributed by atoms with E-state index in [0.29, 0.717) is 12.8 Å². The molecule has 7 nitrogen and oxygen atoms in total. The molecule has 0 saturated heterocycles. The fraction of sp³-hybridized carbons (Fsp3) is 0.750. The first kappa shape index (κ1) is 51.6. The number of carbonyl (C=O) groups is 2. The van der Waals surface area contributed by atoms with Crippen LogP contribution in [0.2, 0.25) is 0 Å². The zero-order valence-corrected chi connectivity index (χ0v) is 36.7. The number of hydrogen-bond acceptors (Lipinski definition) is 6. The van der Waals surface area contributed by atoms with E-state index in [4.69, 9.17) is 9.47 Å². The maximum absolute atomic E-state index is 13.0. The van der Waals surface area contributed by atoms with Gasteiger partial charge in [-0.2, -0.15) is 8.42 Å². The van der Waals surface area contributed by atoms with Crippen molar-refractivity contribution in [3.8, 4) is 0 Å². The van der Waals surface area contributed by atoms with E-state index >= 15 is 0 Å². The highest BCUT2D eigenvalue weighted by Crippen LogP contribution is 2.23. The molecule has 0 atom stereocenters. The highest BCUT2D eigenvalue weighted by atomic mass is 32.2. The molecule has 0 aromatic heterocycles. The van der Waals surface area contributed by atoms with E-state index in [1.54, 1.807) is 0 Å². The second-order valence-corrected chi connectivity index (χ2v) is 17.1. The standard InChI is InChI=1S/C48H82O7S/c1-3-5-7-9-11-13-15-17-19-21-23-25-27-29-31-33-35-37-42-54-47(49)44-40-39-41-45(56(51,52)53)46(44)48(50)55-43-38-36-34-32-30-28-26-24-22-20-18-16-14-12-10-8-6-4-2/h29-32,39-41H,3-28,33-38,42-43H2,1-2H3,(H,51,52,53)/b31-29+,32-30+. The van der Waals surface area contributed by atoms with E-state index in [-0.39, 0.29) is 18.8 Å². The van der Waals surface area contributed by atoms with Crippen LogP contribution in [-0.4, -0.2) is 38.1 Å². The lowest BCUT2D eigenvalue weighted by Gasteiger charge is -2.12. The van der Waals surface area contributed by atoms with Crippen LogP contribution in [0, 0.1) is 0 Å². The molecule has 0 fully saturated rings. The van der Waals surface area contributed by atoms with Crippen LogP contribution >= 0.6 is 0 Å². The summed E-state index contributed by atoms with van der Waals surface area (Å²) < 4.78 is 44.8. The molecule has 0 spiro atoms.